The number of carbonyl (C=O) groups excluding carboxylic acids is 3. The second-order valence-corrected chi connectivity index (χ2v) is 18.6. The number of amides is 2. The Morgan fingerprint density at radius 3 is 1.97 bits per heavy atom. The number of thioether (sulfide) groups is 1. The van der Waals surface area contributed by atoms with E-state index in [9.17, 15) is 29.5 Å². The summed E-state index contributed by atoms with van der Waals surface area (Å²) in [4.78, 5) is 61.2. The molecule has 0 bridgehead atoms. The van der Waals surface area contributed by atoms with E-state index in [1.807, 2.05) is 152 Å². The van der Waals surface area contributed by atoms with Crippen molar-refractivity contribution in [3.05, 3.63) is 249 Å². The topological polar surface area (TPSA) is 188 Å². The molecule has 6 aromatic rings. The number of phenols is 1. The molecule has 14 nitrogen and oxygen atoms in total. The third kappa shape index (κ3) is 9.21. The van der Waals surface area contributed by atoms with Crippen molar-refractivity contribution >= 4 is 51.7 Å². The summed E-state index contributed by atoms with van der Waals surface area (Å²) in [6.45, 7) is 0.238. The molecule has 1 aromatic heterocycles. The van der Waals surface area contributed by atoms with Crippen molar-refractivity contribution < 1.29 is 29.4 Å². The Morgan fingerprint density at radius 1 is 0.817 bits per heavy atom. The van der Waals surface area contributed by atoms with Crippen LogP contribution >= 0.6 is 23.1 Å². The summed E-state index contributed by atoms with van der Waals surface area (Å²) in [5.41, 5.74) is 4.23. The van der Waals surface area contributed by atoms with Gasteiger partial charge in [0.25, 0.3) is 11.8 Å². The standard InChI is InChI=1S/C55H43N7O7S2/c63-44-29-38-31-56-61(32-39(38)30-45(44)64)28-16-21-37-33-70-52-47(51(66)62(52)48(37)53(67)69-49(35-17-6-1-7-18-35)36-19-8-2-9-20-36)58-50(65)46(60-68)43-34-71-54(57-43)59-55(40-22-10-3-11-23-40,41-24-12-4-13-25-41)42-26-14-5-15-27-42/h1-27,29-32,34,47,49,52,64,68H,28,33H2,(H,57,59)(H,58,65)/b21-16+,60-46-. The zero-order chi connectivity index (χ0) is 48.9. The molecule has 2 amide bonds. The molecule has 0 saturated carbocycles. The van der Waals surface area contributed by atoms with E-state index in [0.29, 0.717) is 21.8 Å². The summed E-state index contributed by atoms with van der Waals surface area (Å²) in [5, 5.41) is 35.9. The molecule has 1 saturated heterocycles. The number of aromatic nitrogens is 3. The third-order valence-electron chi connectivity index (χ3n) is 12.3. The molecule has 16 heteroatoms. The van der Waals surface area contributed by atoms with Crippen LogP contribution in [0.3, 0.4) is 0 Å². The summed E-state index contributed by atoms with van der Waals surface area (Å²) in [5.74, 6) is -2.26. The first-order valence-corrected chi connectivity index (χ1v) is 24.4. The van der Waals surface area contributed by atoms with Crippen molar-refractivity contribution in [2.75, 3.05) is 11.1 Å². The van der Waals surface area contributed by atoms with Gasteiger partial charge in [0.05, 0.1) is 12.7 Å². The molecule has 0 radical (unpaired) electrons. The Balaban J connectivity index is 0.919. The van der Waals surface area contributed by atoms with Gasteiger partial charge >= 0.3 is 5.97 Å². The van der Waals surface area contributed by atoms with Gasteiger partial charge in [-0.05, 0) is 45.5 Å². The van der Waals surface area contributed by atoms with Crippen LogP contribution in [0.25, 0.3) is 11.1 Å². The lowest BCUT2D eigenvalue weighted by molar-refractivity contribution is -0.154. The number of allylic oxidation sites excluding steroid dienone is 2. The lowest BCUT2D eigenvalue weighted by atomic mass is 9.77. The maximum Gasteiger partial charge on any atom is 0.356 e. The SMILES string of the molecule is O=C(OC(c1ccccc1)c1ccccc1)C1=C(/C=C/Cn2cc3cc(O)c(=O)cc-3cn2)CSC2C(NC(=O)/C(=N\O)c3csc(NC(c4ccccc4)(c4ccccc4)c4ccccc4)n3)C(=O)N12. The van der Waals surface area contributed by atoms with E-state index in [1.54, 1.807) is 28.4 Å². The van der Waals surface area contributed by atoms with Crippen LogP contribution in [0.1, 0.15) is 39.6 Å². The molecule has 4 N–H and O–H groups in total. The first-order valence-electron chi connectivity index (χ1n) is 22.5. The Morgan fingerprint density at radius 2 is 1.39 bits per heavy atom. The number of phenolic OH excluding ortho intramolecular Hbond substituents is 1. The molecule has 1 fully saturated rings. The fraction of sp³-hybridized carbons (Fsp3) is 0.109. The second-order valence-electron chi connectivity index (χ2n) is 16.6. The minimum atomic E-state index is -1.10. The molecule has 1 aliphatic carbocycles. The summed E-state index contributed by atoms with van der Waals surface area (Å²) in [7, 11) is 0. The van der Waals surface area contributed by atoms with Crippen LogP contribution in [0.5, 0.6) is 5.75 Å². The van der Waals surface area contributed by atoms with Crippen molar-refractivity contribution in [2.45, 2.75) is 29.6 Å². The Bertz CT molecular complexity index is 3210. The van der Waals surface area contributed by atoms with E-state index >= 15 is 0 Å². The number of nitrogens with zero attached hydrogens (tertiary/aromatic N) is 5. The summed E-state index contributed by atoms with van der Waals surface area (Å²) in [6, 6.07) is 50.0. The Labute approximate surface area is 415 Å². The van der Waals surface area contributed by atoms with Crippen molar-refractivity contribution in [3.63, 3.8) is 0 Å². The largest absolute Gasteiger partial charge is 0.504 e. The first-order chi connectivity index (χ1) is 34.7. The number of rotatable bonds is 15. The van der Waals surface area contributed by atoms with E-state index in [-0.39, 0.29) is 29.4 Å². The van der Waals surface area contributed by atoms with Gasteiger partial charge in [-0.3, -0.25) is 24.0 Å². The predicted octanol–water partition coefficient (Wildman–Crippen LogP) is 8.34. The molecule has 2 atom stereocenters. The molecule has 4 aliphatic rings. The first kappa shape index (κ1) is 46.1. The molecule has 4 heterocycles. The number of hydrogen-bond donors (Lipinski definition) is 4. The number of nitrogens with one attached hydrogen (secondary N) is 2. The molecular weight excluding hydrogens is 935 g/mol. The van der Waals surface area contributed by atoms with Crippen LogP contribution in [-0.2, 0) is 31.2 Å². The number of fused-ring (bicyclic) bond motifs is 2. The van der Waals surface area contributed by atoms with Gasteiger partial charge in [-0.1, -0.05) is 169 Å². The van der Waals surface area contributed by atoms with Crippen LogP contribution in [-0.4, -0.2) is 70.6 Å². The minimum absolute atomic E-state index is 0.0201. The third-order valence-corrected chi connectivity index (χ3v) is 14.4. The smallest absolute Gasteiger partial charge is 0.356 e. The number of anilines is 1. The van der Waals surface area contributed by atoms with E-state index in [4.69, 9.17) is 9.72 Å². The highest BCUT2D eigenvalue weighted by Gasteiger charge is 2.55. The van der Waals surface area contributed by atoms with E-state index in [1.165, 1.54) is 46.3 Å². The van der Waals surface area contributed by atoms with Gasteiger partial charge in [0, 0.05) is 28.5 Å². The molecular formula is C55H43N7O7S2. The van der Waals surface area contributed by atoms with Crippen LogP contribution in [0.15, 0.2) is 215 Å². The highest BCUT2D eigenvalue weighted by Crippen LogP contribution is 2.43. The minimum Gasteiger partial charge on any atom is -0.504 e. The molecule has 10 rings (SSSR count). The number of hydrogen-bond acceptors (Lipinski definition) is 13. The van der Waals surface area contributed by atoms with Gasteiger partial charge in [0.2, 0.25) is 5.43 Å². The quantitative estimate of drug-likeness (QED) is 0.0193. The summed E-state index contributed by atoms with van der Waals surface area (Å²) >= 11 is 2.57. The van der Waals surface area contributed by atoms with E-state index in [0.717, 1.165) is 27.8 Å². The van der Waals surface area contributed by atoms with Crippen LogP contribution in [0, 0.1) is 0 Å². The van der Waals surface area contributed by atoms with Crippen LogP contribution in [0.4, 0.5) is 5.13 Å². The highest BCUT2D eigenvalue weighted by molar-refractivity contribution is 8.00. The average molecular weight is 978 g/mol. The van der Waals surface area contributed by atoms with Crippen LogP contribution < -0.4 is 16.1 Å². The van der Waals surface area contributed by atoms with E-state index < -0.39 is 52.0 Å². The van der Waals surface area contributed by atoms with Gasteiger partial charge in [-0.25, -0.2) is 9.78 Å². The van der Waals surface area contributed by atoms with Crippen LogP contribution in [0.2, 0.25) is 0 Å². The summed E-state index contributed by atoms with van der Waals surface area (Å²) in [6.07, 6.45) is 5.92. The van der Waals surface area contributed by atoms with E-state index in [2.05, 4.69) is 20.9 Å². The molecule has 0 spiro atoms. The average Bonchev–Trinajstić information content (AvgIpc) is 3.88. The number of β-lactam (4-membered cyclic amide) rings is 1. The molecule has 352 valence electrons. The highest BCUT2D eigenvalue weighted by atomic mass is 32.2. The molecule has 71 heavy (non-hydrogen) atoms. The second kappa shape index (κ2) is 20.2. The Hall–Kier alpha value is -8.60. The number of oxime groups is 1. The van der Waals surface area contributed by atoms with Crippen molar-refractivity contribution in [3.8, 4) is 16.9 Å². The maximum atomic E-state index is 14.6. The number of esters is 1. The lowest BCUT2D eigenvalue weighted by Gasteiger charge is -2.49. The van der Waals surface area contributed by atoms with Crippen molar-refractivity contribution in [1.82, 2.24) is 25.0 Å². The Kier molecular flexibility index (Phi) is 13.1. The number of ether oxygens (including phenoxy) is 1. The summed E-state index contributed by atoms with van der Waals surface area (Å²) < 4.78 is 7.93. The fourth-order valence-electron chi connectivity index (χ4n) is 8.87. The molecule has 3 aliphatic heterocycles. The lowest BCUT2D eigenvalue weighted by Crippen LogP contribution is -2.71. The monoisotopic (exact) mass is 977 g/mol. The number of thiazole rings is 1. The zero-order valence-electron chi connectivity index (χ0n) is 37.6. The normalized spacial score (nSPS) is 15.9. The zero-order valence-corrected chi connectivity index (χ0v) is 39.2. The van der Waals surface area contributed by atoms with Gasteiger partial charge < -0.3 is 25.7 Å². The predicted molar refractivity (Wildman–Crippen MR) is 272 cm³/mol. The van der Waals surface area contributed by atoms with Gasteiger partial charge in [-0.15, -0.1) is 23.1 Å². The number of aromatic hydroxyl groups is 1. The molecule has 5 aromatic carbocycles. The maximum absolute atomic E-state index is 14.6. The van der Waals surface area contributed by atoms with Crippen molar-refractivity contribution in [1.29, 1.82) is 0 Å². The van der Waals surface area contributed by atoms with Crippen molar-refractivity contribution in [2.24, 2.45) is 5.16 Å². The van der Waals surface area contributed by atoms with Gasteiger partial charge in [0.1, 0.15) is 28.3 Å². The number of carbonyl (C=O) groups is 3. The number of benzene rings is 6. The fourth-order valence-corrected chi connectivity index (χ4v) is 10.9. The molecule has 2 unspecified atom stereocenters. The van der Waals surface area contributed by atoms with Gasteiger partial charge in [0.15, 0.2) is 22.7 Å². The van der Waals surface area contributed by atoms with Gasteiger partial charge in [-0.2, -0.15) is 5.10 Å².